The van der Waals surface area contributed by atoms with E-state index in [1.807, 2.05) is 17.9 Å². The first kappa shape index (κ1) is 14.5. The average Bonchev–Trinajstić information content (AvgIpc) is 2.83. The van der Waals surface area contributed by atoms with Gasteiger partial charge in [0.25, 0.3) is 0 Å². The number of aromatic nitrogens is 2. The van der Waals surface area contributed by atoms with Crippen LogP contribution in [0.4, 0.5) is 0 Å². The van der Waals surface area contributed by atoms with Crippen molar-refractivity contribution in [1.29, 1.82) is 0 Å². The zero-order valence-electron chi connectivity index (χ0n) is 12.5. The molecule has 2 N–H and O–H groups in total. The van der Waals surface area contributed by atoms with E-state index in [-0.39, 0.29) is 0 Å². The third-order valence-corrected chi connectivity index (χ3v) is 4.70. The van der Waals surface area contributed by atoms with E-state index in [0.29, 0.717) is 12.0 Å². The molecule has 108 valence electrons. The molecule has 1 saturated carbocycles. The summed E-state index contributed by atoms with van der Waals surface area (Å²) in [6, 6.07) is 0.629. The minimum Gasteiger partial charge on any atom is -0.330 e. The lowest BCUT2D eigenvalue weighted by Crippen LogP contribution is -2.44. The third kappa shape index (κ3) is 3.57. The maximum atomic E-state index is 5.97. The van der Waals surface area contributed by atoms with Gasteiger partial charge in [-0.1, -0.05) is 19.8 Å². The highest BCUT2D eigenvalue weighted by atomic mass is 15.2. The molecular formula is C15H28N4. The molecule has 4 heteroatoms. The normalized spacial score (nSPS) is 27.9. The Kier molecular flexibility index (Phi) is 4.99. The molecule has 0 amide bonds. The molecule has 1 heterocycles. The van der Waals surface area contributed by atoms with Crippen molar-refractivity contribution in [2.75, 3.05) is 13.6 Å². The highest BCUT2D eigenvalue weighted by Gasteiger charge is 2.31. The second-order valence-corrected chi connectivity index (χ2v) is 6.09. The van der Waals surface area contributed by atoms with E-state index in [0.717, 1.165) is 19.0 Å². The molecule has 2 rings (SSSR count). The largest absolute Gasteiger partial charge is 0.330 e. The molecule has 1 aliphatic rings. The Bertz CT molecular complexity index is 387. The molecule has 0 radical (unpaired) electrons. The van der Waals surface area contributed by atoms with Gasteiger partial charge in [0.2, 0.25) is 0 Å². The summed E-state index contributed by atoms with van der Waals surface area (Å²) in [5.41, 5.74) is 7.26. The molecule has 0 spiro atoms. The predicted octanol–water partition coefficient (Wildman–Crippen LogP) is 2.01. The highest BCUT2D eigenvalue weighted by Crippen LogP contribution is 2.33. The molecule has 1 aromatic rings. The first-order valence-electron chi connectivity index (χ1n) is 7.51. The van der Waals surface area contributed by atoms with Crippen molar-refractivity contribution < 1.29 is 0 Å². The van der Waals surface area contributed by atoms with Crippen LogP contribution in [0.15, 0.2) is 12.4 Å². The summed E-state index contributed by atoms with van der Waals surface area (Å²) in [6.07, 6.45) is 9.32. The maximum Gasteiger partial charge on any atom is 0.0534 e. The fourth-order valence-electron chi connectivity index (χ4n) is 3.44. The number of hydrogen-bond acceptors (Lipinski definition) is 3. The average molecular weight is 264 g/mol. The van der Waals surface area contributed by atoms with E-state index in [9.17, 15) is 0 Å². The van der Waals surface area contributed by atoms with Gasteiger partial charge in [-0.2, -0.15) is 5.10 Å². The Morgan fingerprint density at radius 1 is 1.47 bits per heavy atom. The number of hydrogen-bond donors (Lipinski definition) is 1. The van der Waals surface area contributed by atoms with E-state index >= 15 is 0 Å². The van der Waals surface area contributed by atoms with Crippen LogP contribution in [-0.4, -0.2) is 34.3 Å². The molecule has 1 aliphatic carbocycles. The summed E-state index contributed by atoms with van der Waals surface area (Å²) in [6.45, 7) is 4.11. The summed E-state index contributed by atoms with van der Waals surface area (Å²) in [7, 11) is 4.21. The zero-order valence-corrected chi connectivity index (χ0v) is 12.5. The zero-order chi connectivity index (χ0) is 13.8. The fraction of sp³-hybridized carbons (Fsp3) is 0.800. The van der Waals surface area contributed by atoms with Crippen LogP contribution >= 0.6 is 0 Å². The topological polar surface area (TPSA) is 47.1 Å². The highest BCUT2D eigenvalue weighted by molar-refractivity contribution is 5.04. The van der Waals surface area contributed by atoms with E-state index in [2.05, 4.69) is 30.2 Å². The Labute approximate surface area is 117 Å². The molecule has 0 aromatic carbocycles. The first-order valence-corrected chi connectivity index (χ1v) is 7.51. The van der Waals surface area contributed by atoms with E-state index in [1.54, 1.807) is 0 Å². The lowest BCUT2D eigenvalue weighted by molar-refractivity contribution is 0.0965. The van der Waals surface area contributed by atoms with Gasteiger partial charge in [-0.3, -0.25) is 9.58 Å². The van der Waals surface area contributed by atoms with Crippen LogP contribution in [0.3, 0.4) is 0 Å². The van der Waals surface area contributed by atoms with Crippen molar-refractivity contribution in [2.45, 2.75) is 45.2 Å². The fourth-order valence-corrected chi connectivity index (χ4v) is 3.44. The van der Waals surface area contributed by atoms with Crippen molar-refractivity contribution in [2.24, 2.45) is 24.6 Å². The second kappa shape index (κ2) is 6.53. The van der Waals surface area contributed by atoms with Crippen molar-refractivity contribution in [3.63, 3.8) is 0 Å². The molecule has 3 atom stereocenters. The van der Waals surface area contributed by atoms with Crippen LogP contribution in [0.1, 0.15) is 38.2 Å². The Morgan fingerprint density at radius 3 is 2.84 bits per heavy atom. The minimum atomic E-state index is 0.629. The molecule has 19 heavy (non-hydrogen) atoms. The predicted molar refractivity (Wildman–Crippen MR) is 78.6 cm³/mol. The first-order chi connectivity index (χ1) is 9.13. The van der Waals surface area contributed by atoms with Crippen LogP contribution in [0.25, 0.3) is 0 Å². The van der Waals surface area contributed by atoms with E-state index in [4.69, 9.17) is 5.73 Å². The Balaban J connectivity index is 1.99. The number of aryl methyl sites for hydroxylation is 1. The van der Waals surface area contributed by atoms with Gasteiger partial charge in [-0.15, -0.1) is 0 Å². The van der Waals surface area contributed by atoms with Crippen LogP contribution < -0.4 is 5.73 Å². The van der Waals surface area contributed by atoms with Crippen LogP contribution in [0, 0.1) is 11.8 Å². The van der Waals surface area contributed by atoms with Gasteiger partial charge in [0, 0.05) is 31.4 Å². The van der Waals surface area contributed by atoms with Gasteiger partial charge >= 0.3 is 0 Å². The van der Waals surface area contributed by atoms with Crippen molar-refractivity contribution in [1.82, 2.24) is 14.7 Å². The van der Waals surface area contributed by atoms with Gasteiger partial charge in [-0.25, -0.2) is 0 Å². The van der Waals surface area contributed by atoms with Crippen molar-refractivity contribution in [3.05, 3.63) is 18.0 Å². The Hall–Kier alpha value is -0.870. The molecular weight excluding hydrogens is 236 g/mol. The van der Waals surface area contributed by atoms with Crippen LogP contribution in [0.2, 0.25) is 0 Å². The number of rotatable bonds is 5. The van der Waals surface area contributed by atoms with Crippen LogP contribution in [-0.2, 0) is 13.6 Å². The van der Waals surface area contributed by atoms with Gasteiger partial charge < -0.3 is 5.73 Å². The summed E-state index contributed by atoms with van der Waals surface area (Å²) in [5.74, 6) is 1.54. The molecule has 0 bridgehead atoms. The summed E-state index contributed by atoms with van der Waals surface area (Å²) < 4.78 is 1.87. The molecule has 0 aliphatic heterocycles. The molecule has 4 nitrogen and oxygen atoms in total. The standard InChI is InChI=1S/C15H28N4/c1-4-12-5-6-14(8-16)15(7-12)18(2)10-13-9-17-19(3)11-13/h9,11-12,14-15H,4-8,10,16H2,1-3H3. The monoisotopic (exact) mass is 264 g/mol. The van der Waals surface area contributed by atoms with Gasteiger partial charge in [-0.05, 0) is 38.3 Å². The maximum absolute atomic E-state index is 5.97. The van der Waals surface area contributed by atoms with Crippen molar-refractivity contribution in [3.8, 4) is 0 Å². The number of nitrogens with two attached hydrogens (primary N) is 1. The van der Waals surface area contributed by atoms with Gasteiger partial charge in [0.1, 0.15) is 0 Å². The van der Waals surface area contributed by atoms with E-state index < -0.39 is 0 Å². The van der Waals surface area contributed by atoms with Crippen LogP contribution in [0.5, 0.6) is 0 Å². The lowest BCUT2D eigenvalue weighted by atomic mass is 9.76. The summed E-state index contributed by atoms with van der Waals surface area (Å²) in [4.78, 5) is 2.48. The van der Waals surface area contributed by atoms with Crippen molar-refractivity contribution >= 4 is 0 Å². The SMILES string of the molecule is CCC1CCC(CN)C(N(C)Cc2cnn(C)c2)C1. The second-order valence-electron chi connectivity index (χ2n) is 6.09. The molecule has 1 fully saturated rings. The smallest absolute Gasteiger partial charge is 0.0534 e. The van der Waals surface area contributed by atoms with E-state index in [1.165, 1.54) is 31.2 Å². The summed E-state index contributed by atoms with van der Waals surface area (Å²) >= 11 is 0. The third-order valence-electron chi connectivity index (χ3n) is 4.70. The molecule has 0 saturated heterocycles. The minimum absolute atomic E-state index is 0.629. The van der Waals surface area contributed by atoms with Gasteiger partial charge in [0.05, 0.1) is 6.20 Å². The summed E-state index contributed by atoms with van der Waals surface area (Å²) in [5, 5.41) is 4.25. The number of nitrogens with zero attached hydrogens (tertiary/aromatic N) is 3. The quantitative estimate of drug-likeness (QED) is 0.885. The lowest BCUT2D eigenvalue weighted by Gasteiger charge is -2.40. The Morgan fingerprint density at radius 2 is 2.26 bits per heavy atom. The molecule has 3 unspecified atom stereocenters. The van der Waals surface area contributed by atoms with Gasteiger partial charge in [0.15, 0.2) is 0 Å². The molecule has 1 aromatic heterocycles.